The third-order valence-electron chi connectivity index (χ3n) is 6.57. The third-order valence-corrected chi connectivity index (χ3v) is 6.82. The van der Waals surface area contributed by atoms with Crippen LogP contribution in [0.4, 0.5) is 0 Å². The highest BCUT2D eigenvalue weighted by atomic mass is 35.5. The van der Waals surface area contributed by atoms with Crippen LogP contribution in [-0.4, -0.2) is 60.0 Å². The zero-order chi connectivity index (χ0) is 26.8. The molecule has 0 amide bonds. The summed E-state index contributed by atoms with van der Waals surface area (Å²) >= 11 is 5.54. The van der Waals surface area contributed by atoms with Gasteiger partial charge < -0.3 is 14.7 Å². The Bertz CT molecular complexity index is 1120. The fraction of sp³-hybridized carbons (Fsp3) is 0.400. The first-order chi connectivity index (χ1) is 17.7. The summed E-state index contributed by atoms with van der Waals surface area (Å²) in [6.45, 7) is 7.01. The predicted octanol–water partition coefficient (Wildman–Crippen LogP) is 5.62. The Labute approximate surface area is 225 Å². The fourth-order valence-electron chi connectivity index (χ4n) is 4.59. The number of aldehydes is 1. The number of nitrogens with zero attached hydrogens (tertiary/aromatic N) is 3. The van der Waals surface area contributed by atoms with Gasteiger partial charge in [-0.25, -0.2) is 0 Å². The zero-order valence-corrected chi connectivity index (χ0v) is 23.0. The van der Waals surface area contributed by atoms with Crippen LogP contribution in [0.25, 0.3) is 0 Å². The molecule has 2 heterocycles. The number of ether oxygens (including phenoxy) is 1. The number of methoxy groups -OCH3 is 1. The number of hydrogen-bond acceptors (Lipinski definition) is 6. The second kappa shape index (κ2) is 13.8. The first-order valence-electron chi connectivity index (χ1n) is 12.6. The summed E-state index contributed by atoms with van der Waals surface area (Å²) in [5.74, 6) is 0. The summed E-state index contributed by atoms with van der Waals surface area (Å²) in [5, 5.41) is 11.9. The van der Waals surface area contributed by atoms with Gasteiger partial charge in [-0.1, -0.05) is 48.0 Å². The van der Waals surface area contributed by atoms with Crippen LogP contribution in [0.2, 0.25) is 5.02 Å². The fourth-order valence-corrected chi connectivity index (χ4v) is 4.74. The van der Waals surface area contributed by atoms with Crippen molar-refractivity contribution in [3.63, 3.8) is 0 Å². The summed E-state index contributed by atoms with van der Waals surface area (Å²) in [7, 11) is 3.58. The lowest BCUT2D eigenvalue weighted by molar-refractivity contribution is -0.0256. The molecular weight excluding hydrogens is 486 g/mol. The maximum Gasteiger partial charge on any atom is 0.150 e. The van der Waals surface area contributed by atoms with E-state index in [2.05, 4.69) is 9.88 Å². The molecule has 4 rings (SSSR count). The maximum absolute atomic E-state index is 11.9. The van der Waals surface area contributed by atoms with Gasteiger partial charge in [-0.15, -0.1) is 0 Å². The Morgan fingerprint density at radius 1 is 1.16 bits per heavy atom. The molecule has 0 radical (unpaired) electrons. The van der Waals surface area contributed by atoms with Gasteiger partial charge in [-0.2, -0.15) is 0 Å². The Morgan fingerprint density at radius 3 is 2.41 bits per heavy atom. The average molecular weight is 524 g/mol. The number of halogens is 1. The quantitative estimate of drug-likeness (QED) is 0.290. The highest BCUT2D eigenvalue weighted by Crippen LogP contribution is 2.30. The van der Waals surface area contributed by atoms with Crippen LogP contribution < -0.4 is 0 Å². The summed E-state index contributed by atoms with van der Waals surface area (Å²) in [4.78, 5) is 20.7. The monoisotopic (exact) mass is 523 g/mol. The van der Waals surface area contributed by atoms with E-state index in [1.54, 1.807) is 13.2 Å². The molecule has 198 valence electrons. The van der Waals surface area contributed by atoms with E-state index in [4.69, 9.17) is 16.3 Å². The SMILES string of the molecule is CO[C@H](c1ccc(C(C)(O)CN2CCCC2)cc1C=O)N(C)Cc1ccc(C)cn1.Clc1ccccc1. The largest absolute Gasteiger partial charge is 0.384 e. The minimum atomic E-state index is -1.01. The Kier molecular flexibility index (Phi) is 10.8. The van der Waals surface area contributed by atoms with Crippen LogP contribution >= 0.6 is 11.6 Å². The lowest BCUT2D eigenvalue weighted by Gasteiger charge is -2.31. The lowest BCUT2D eigenvalue weighted by Crippen LogP contribution is -2.37. The number of hydrogen-bond donors (Lipinski definition) is 1. The van der Waals surface area contributed by atoms with Crippen molar-refractivity contribution in [3.8, 4) is 0 Å². The topological polar surface area (TPSA) is 65.9 Å². The van der Waals surface area contributed by atoms with Crippen molar-refractivity contribution in [3.05, 3.63) is 99.8 Å². The summed E-state index contributed by atoms with van der Waals surface area (Å²) in [6, 6.07) is 19.1. The van der Waals surface area contributed by atoms with Crippen LogP contribution in [0, 0.1) is 6.92 Å². The van der Waals surface area contributed by atoms with Gasteiger partial charge in [-0.3, -0.25) is 14.7 Å². The number of benzene rings is 2. The van der Waals surface area contributed by atoms with Crippen molar-refractivity contribution in [1.29, 1.82) is 0 Å². The molecule has 6 nitrogen and oxygen atoms in total. The van der Waals surface area contributed by atoms with Gasteiger partial charge in [0, 0.05) is 42.5 Å². The molecule has 2 aromatic carbocycles. The molecule has 1 aliphatic heterocycles. The molecule has 1 N–H and O–H groups in total. The molecule has 1 saturated heterocycles. The van der Waals surface area contributed by atoms with Crippen LogP contribution in [0.1, 0.15) is 58.7 Å². The summed E-state index contributed by atoms with van der Waals surface area (Å²) < 4.78 is 5.74. The van der Waals surface area contributed by atoms with E-state index in [9.17, 15) is 9.90 Å². The number of aliphatic hydroxyl groups is 1. The van der Waals surface area contributed by atoms with E-state index < -0.39 is 11.8 Å². The van der Waals surface area contributed by atoms with Gasteiger partial charge in [0.05, 0.1) is 11.3 Å². The highest BCUT2D eigenvalue weighted by Gasteiger charge is 2.29. The van der Waals surface area contributed by atoms with E-state index in [1.165, 1.54) is 12.8 Å². The minimum absolute atomic E-state index is 0.397. The predicted molar refractivity (Wildman–Crippen MR) is 149 cm³/mol. The van der Waals surface area contributed by atoms with Crippen molar-refractivity contribution in [2.45, 2.75) is 45.1 Å². The summed E-state index contributed by atoms with van der Waals surface area (Å²) in [6.07, 6.45) is 4.64. The molecule has 37 heavy (non-hydrogen) atoms. The lowest BCUT2D eigenvalue weighted by atomic mass is 9.91. The standard InChI is InChI=1S/C24H33N3O3.C6H5Cl/c1-18-7-9-21(25-14-18)15-26(3)23(30-4)22-10-8-20(13-19(22)16-28)24(2,29)17-27-11-5-6-12-27;7-6-4-2-1-3-5-6/h7-10,13-14,16,23,29H,5-6,11-12,15,17H2,1-4H3;1-5H/t23-,24?;/m1./s1. The highest BCUT2D eigenvalue weighted by molar-refractivity contribution is 6.30. The number of aryl methyl sites for hydroxylation is 1. The molecule has 7 heteroatoms. The molecule has 1 aromatic heterocycles. The Balaban J connectivity index is 0.000000468. The average Bonchev–Trinajstić information content (AvgIpc) is 3.39. The van der Waals surface area contributed by atoms with Crippen molar-refractivity contribution in [2.24, 2.45) is 0 Å². The van der Waals surface area contributed by atoms with Crippen LogP contribution in [-0.2, 0) is 16.9 Å². The zero-order valence-electron chi connectivity index (χ0n) is 22.2. The molecule has 1 aliphatic rings. The minimum Gasteiger partial charge on any atom is -0.384 e. The van der Waals surface area contributed by atoms with Gasteiger partial charge in [0.1, 0.15) is 12.5 Å². The van der Waals surface area contributed by atoms with Crippen LogP contribution in [0.3, 0.4) is 0 Å². The van der Waals surface area contributed by atoms with Gasteiger partial charge in [-0.05, 0) is 82.2 Å². The number of aromatic nitrogens is 1. The molecule has 1 fully saturated rings. The van der Waals surface area contributed by atoms with Crippen LogP contribution in [0.15, 0.2) is 66.9 Å². The molecule has 3 aromatic rings. The second-order valence-electron chi connectivity index (χ2n) is 9.84. The van der Waals surface area contributed by atoms with Gasteiger partial charge >= 0.3 is 0 Å². The number of pyridine rings is 1. The van der Waals surface area contributed by atoms with Crippen molar-refractivity contribution in [2.75, 3.05) is 33.8 Å². The Morgan fingerprint density at radius 2 is 1.86 bits per heavy atom. The Hall–Kier alpha value is -2.61. The molecule has 0 spiro atoms. The van der Waals surface area contributed by atoms with E-state index in [0.29, 0.717) is 18.7 Å². The molecule has 2 atom stereocenters. The third kappa shape index (κ3) is 8.45. The van der Waals surface area contributed by atoms with Gasteiger partial charge in [0.25, 0.3) is 0 Å². The van der Waals surface area contributed by atoms with Gasteiger partial charge in [0.2, 0.25) is 0 Å². The first-order valence-corrected chi connectivity index (χ1v) is 13.0. The molecular formula is C30H38ClN3O3. The van der Waals surface area contributed by atoms with E-state index in [1.807, 2.05) is 86.6 Å². The molecule has 0 bridgehead atoms. The molecule has 0 saturated carbocycles. The first kappa shape index (κ1) is 29.0. The number of likely N-dealkylation sites (tertiary alicyclic amines) is 1. The van der Waals surface area contributed by atoms with Crippen molar-refractivity contribution < 1.29 is 14.6 Å². The van der Waals surface area contributed by atoms with Gasteiger partial charge in [0.15, 0.2) is 0 Å². The normalized spacial score (nSPS) is 16.1. The van der Waals surface area contributed by atoms with E-state index in [-0.39, 0.29) is 0 Å². The number of carbonyl (C=O) groups excluding carboxylic acids is 1. The van der Waals surface area contributed by atoms with E-state index >= 15 is 0 Å². The maximum atomic E-state index is 11.9. The summed E-state index contributed by atoms with van der Waals surface area (Å²) in [5.41, 5.74) is 3.10. The van der Waals surface area contributed by atoms with E-state index in [0.717, 1.165) is 46.8 Å². The number of β-amino-alcohol motifs (C(OH)–C–C–N with tert-alkyl or cyclic N) is 1. The molecule has 1 unspecified atom stereocenters. The smallest absolute Gasteiger partial charge is 0.150 e. The second-order valence-corrected chi connectivity index (χ2v) is 10.3. The number of carbonyl (C=O) groups is 1. The molecule has 0 aliphatic carbocycles. The van der Waals surface area contributed by atoms with Crippen molar-refractivity contribution >= 4 is 17.9 Å². The number of rotatable bonds is 9. The van der Waals surface area contributed by atoms with Crippen LogP contribution in [0.5, 0.6) is 0 Å². The van der Waals surface area contributed by atoms with Crippen molar-refractivity contribution in [1.82, 2.24) is 14.8 Å².